The molecule has 0 saturated heterocycles. The van der Waals surface area contributed by atoms with Crippen LogP contribution >= 0.6 is 0 Å². The van der Waals surface area contributed by atoms with Crippen LogP contribution in [-0.2, 0) is 4.74 Å². The number of nitrogens with one attached hydrogen (secondary N) is 1. The van der Waals surface area contributed by atoms with Crippen LogP contribution in [0, 0.1) is 0 Å². The smallest absolute Gasteiger partial charge is 0.159 e. The van der Waals surface area contributed by atoms with E-state index in [0.29, 0.717) is 12.1 Å². The number of ketones is 1. The summed E-state index contributed by atoms with van der Waals surface area (Å²) in [5.41, 5.74) is 1.84. The van der Waals surface area contributed by atoms with Crippen LogP contribution in [0.3, 0.4) is 0 Å². The van der Waals surface area contributed by atoms with Crippen molar-refractivity contribution in [1.82, 2.24) is 0 Å². The normalized spacial score (nSPS) is 22.9. The molecular formula is C14H19NO2. The van der Waals surface area contributed by atoms with Gasteiger partial charge >= 0.3 is 0 Å². The highest BCUT2D eigenvalue weighted by molar-refractivity contribution is 5.94. The van der Waals surface area contributed by atoms with Crippen molar-refractivity contribution in [2.24, 2.45) is 0 Å². The fraction of sp³-hybridized carbons (Fsp3) is 0.500. The number of ether oxygens (including phenoxy) is 1. The van der Waals surface area contributed by atoms with Crippen LogP contribution in [0.5, 0.6) is 0 Å². The lowest BCUT2D eigenvalue weighted by molar-refractivity contribution is 0.00299. The molecule has 0 aromatic heterocycles. The summed E-state index contributed by atoms with van der Waals surface area (Å²) in [6, 6.07) is 8.16. The zero-order chi connectivity index (χ0) is 12.3. The summed E-state index contributed by atoms with van der Waals surface area (Å²) in [5.74, 6) is 0.108. The lowest BCUT2D eigenvalue weighted by Crippen LogP contribution is -2.40. The molecule has 0 bridgehead atoms. The molecule has 17 heavy (non-hydrogen) atoms. The Labute approximate surface area is 102 Å². The van der Waals surface area contributed by atoms with Crippen LogP contribution < -0.4 is 5.32 Å². The van der Waals surface area contributed by atoms with Gasteiger partial charge in [-0.2, -0.15) is 0 Å². The molecule has 3 nitrogen and oxygen atoms in total. The van der Waals surface area contributed by atoms with E-state index in [4.69, 9.17) is 4.74 Å². The average molecular weight is 233 g/mol. The third-order valence-electron chi connectivity index (χ3n) is 3.16. The summed E-state index contributed by atoms with van der Waals surface area (Å²) < 4.78 is 5.51. The van der Waals surface area contributed by atoms with Gasteiger partial charge in [-0.3, -0.25) is 4.79 Å². The third kappa shape index (κ3) is 3.07. The molecule has 0 heterocycles. The van der Waals surface area contributed by atoms with Gasteiger partial charge in [-0.15, -0.1) is 0 Å². The van der Waals surface area contributed by atoms with E-state index in [1.807, 2.05) is 31.2 Å². The molecule has 0 spiro atoms. The number of carbonyl (C=O) groups is 1. The molecule has 1 saturated carbocycles. The molecule has 2 rings (SSSR count). The highest BCUT2D eigenvalue weighted by Crippen LogP contribution is 2.26. The van der Waals surface area contributed by atoms with E-state index in [1.165, 1.54) is 0 Å². The summed E-state index contributed by atoms with van der Waals surface area (Å²) in [5, 5.41) is 3.44. The van der Waals surface area contributed by atoms with Crippen LogP contribution in [0.4, 0.5) is 5.69 Å². The molecule has 1 fully saturated rings. The van der Waals surface area contributed by atoms with E-state index in [2.05, 4.69) is 5.32 Å². The van der Waals surface area contributed by atoms with E-state index in [1.54, 1.807) is 6.92 Å². The summed E-state index contributed by atoms with van der Waals surface area (Å²) in [4.78, 5) is 11.1. The van der Waals surface area contributed by atoms with E-state index < -0.39 is 0 Å². The van der Waals surface area contributed by atoms with Gasteiger partial charge in [-0.1, -0.05) is 0 Å². The second kappa shape index (κ2) is 5.32. The Morgan fingerprint density at radius 2 is 2.00 bits per heavy atom. The highest BCUT2D eigenvalue weighted by Gasteiger charge is 2.29. The van der Waals surface area contributed by atoms with Gasteiger partial charge in [0.05, 0.1) is 6.10 Å². The molecule has 0 atom stereocenters. The maximum Gasteiger partial charge on any atom is 0.159 e. The Hall–Kier alpha value is -1.35. The molecule has 1 aliphatic rings. The van der Waals surface area contributed by atoms with Crippen LogP contribution in [0.2, 0.25) is 0 Å². The maximum atomic E-state index is 11.1. The first-order chi connectivity index (χ1) is 8.19. The van der Waals surface area contributed by atoms with E-state index in [-0.39, 0.29) is 5.78 Å². The van der Waals surface area contributed by atoms with Crippen molar-refractivity contribution < 1.29 is 9.53 Å². The van der Waals surface area contributed by atoms with E-state index in [0.717, 1.165) is 30.7 Å². The number of Topliss-reactive ketones (excluding diaryl/α,β-unsaturated/α-hetero) is 1. The predicted molar refractivity (Wildman–Crippen MR) is 68.5 cm³/mol. The zero-order valence-electron chi connectivity index (χ0n) is 10.4. The fourth-order valence-electron chi connectivity index (χ4n) is 2.09. The molecule has 0 unspecified atom stereocenters. The number of anilines is 1. The number of carbonyl (C=O) groups excluding carboxylic acids is 1. The van der Waals surface area contributed by atoms with Crippen molar-refractivity contribution in [2.75, 3.05) is 11.9 Å². The zero-order valence-corrected chi connectivity index (χ0v) is 10.4. The van der Waals surface area contributed by atoms with Crippen molar-refractivity contribution in [3.8, 4) is 0 Å². The molecule has 1 aromatic rings. The summed E-state index contributed by atoms with van der Waals surface area (Å²) >= 11 is 0. The molecule has 1 N–H and O–H groups in total. The Morgan fingerprint density at radius 1 is 1.35 bits per heavy atom. The Kier molecular flexibility index (Phi) is 3.79. The lowest BCUT2D eigenvalue weighted by atomic mass is 9.89. The maximum absolute atomic E-state index is 11.1. The largest absolute Gasteiger partial charge is 0.382 e. The topological polar surface area (TPSA) is 38.3 Å². The van der Waals surface area contributed by atoms with E-state index in [9.17, 15) is 4.79 Å². The Morgan fingerprint density at radius 3 is 2.53 bits per heavy atom. The molecule has 3 heteroatoms. The number of hydrogen-bond donors (Lipinski definition) is 1. The van der Waals surface area contributed by atoms with Gasteiger partial charge in [0.1, 0.15) is 0 Å². The minimum absolute atomic E-state index is 0.108. The highest BCUT2D eigenvalue weighted by atomic mass is 16.5. The Bertz CT molecular complexity index is 380. The number of benzene rings is 1. The fourth-order valence-corrected chi connectivity index (χ4v) is 2.09. The minimum Gasteiger partial charge on any atom is -0.382 e. The van der Waals surface area contributed by atoms with Crippen molar-refractivity contribution in [1.29, 1.82) is 0 Å². The van der Waals surface area contributed by atoms with Crippen LogP contribution in [-0.4, -0.2) is 24.5 Å². The van der Waals surface area contributed by atoms with Gasteiger partial charge < -0.3 is 10.1 Å². The summed E-state index contributed by atoms with van der Waals surface area (Å²) in [7, 11) is 0. The molecule has 0 amide bonds. The van der Waals surface area contributed by atoms with Crippen molar-refractivity contribution in [2.45, 2.75) is 38.8 Å². The molecule has 92 valence electrons. The second-order valence-corrected chi connectivity index (χ2v) is 4.52. The van der Waals surface area contributed by atoms with Crippen LogP contribution in [0.25, 0.3) is 0 Å². The van der Waals surface area contributed by atoms with Crippen molar-refractivity contribution >= 4 is 11.5 Å². The summed E-state index contributed by atoms with van der Waals surface area (Å²) in [6.45, 7) is 4.41. The van der Waals surface area contributed by atoms with Gasteiger partial charge in [0.25, 0.3) is 0 Å². The van der Waals surface area contributed by atoms with Crippen LogP contribution in [0.15, 0.2) is 24.3 Å². The molecule has 0 radical (unpaired) electrons. The standard InChI is InChI=1S/C14H19NO2/c1-3-17-14-8-13(9-14)15-12-6-4-11(5-7-12)10(2)16/h4-7,13-15H,3,8-9H2,1-2H3. The number of rotatable bonds is 5. The average Bonchev–Trinajstić information content (AvgIpc) is 2.27. The first-order valence-corrected chi connectivity index (χ1v) is 6.18. The second-order valence-electron chi connectivity index (χ2n) is 4.52. The quantitative estimate of drug-likeness (QED) is 0.795. The van der Waals surface area contributed by atoms with Gasteiger partial charge in [-0.25, -0.2) is 0 Å². The first kappa shape index (κ1) is 12.1. The van der Waals surface area contributed by atoms with Crippen molar-refractivity contribution in [3.63, 3.8) is 0 Å². The third-order valence-corrected chi connectivity index (χ3v) is 3.16. The molecule has 1 aliphatic carbocycles. The monoisotopic (exact) mass is 233 g/mol. The van der Waals surface area contributed by atoms with Crippen LogP contribution in [0.1, 0.15) is 37.0 Å². The molecular weight excluding hydrogens is 214 g/mol. The van der Waals surface area contributed by atoms with Crippen molar-refractivity contribution in [3.05, 3.63) is 29.8 Å². The van der Waals surface area contributed by atoms with Gasteiger partial charge in [0.15, 0.2) is 5.78 Å². The predicted octanol–water partition coefficient (Wildman–Crippen LogP) is 2.87. The summed E-state index contributed by atoms with van der Waals surface area (Å²) in [6.07, 6.45) is 2.57. The lowest BCUT2D eigenvalue weighted by Gasteiger charge is -2.36. The number of hydrogen-bond acceptors (Lipinski definition) is 3. The van der Waals surface area contributed by atoms with Gasteiger partial charge in [-0.05, 0) is 51.0 Å². The molecule has 1 aromatic carbocycles. The SMILES string of the molecule is CCOC1CC(Nc2ccc(C(C)=O)cc2)C1. The van der Waals surface area contributed by atoms with E-state index >= 15 is 0 Å². The Balaban J connectivity index is 1.82. The molecule has 0 aliphatic heterocycles. The first-order valence-electron chi connectivity index (χ1n) is 6.18. The van der Waals surface area contributed by atoms with Gasteiger partial charge in [0.2, 0.25) is 0 Å². The minimum atomic E-state index is 0.108. The van der Waals surface area contributed by atoms with Gasteiger partial charge in [0, 0.05) is 23.9 Å².